The molecule has 0 bridgehead atoms. The third-order valence-corrected chi connectivity index (χ3v) is 2.28. The largest absolute Gasteiger partial charge is 0.462 e. The number of hydrogen-bond donors (Lipinski definition) is 0. The standard InChI is InChI=1S/C9H10O2/c1-6-2-3-8-7(6)4-5-11-9(8)10/h2H,3-5H2,1H3. The maximum absolute atomic E-state index is 11.1. The molecule has 2 aliphatic rings. The maximum atomic E-state index is 11.1. The van der Waals surface area contributed by atoms with Crippen LogP contribution in [0.25, 0.3) is 0 Å². The topological polar surface area (TPSA) is 26.3 Å². The van der Waals surface area contributed by atoms with E-state index in [1.54, 1.807) is 0 Å². The molecular formula is C9H10O2. The van der Waals surface area contributed by atoms with Crippen molar-refractivity contribution < 1.29 is 9.53 Å². The van der Waals surface area contributed by atoms with Crippen molar-refractivity contribution in [3.63, 3.8) is 0 Å². The van der Waals surface area contributed by atoms with Gasteiger partial charge in [-0.15, -0.1) is 0 Å². The fourth-order valence-electron chi connectivity index (χ4n) is 1.63. The molecule has 1 aliphatic carbocycles. The van der Waals surface area contributed by atoms with Crippen molar-refractivity contribution in [2.45, 2.75) is 19.8 Å². The first-order valence-corrected chi connectivity index (χ1v) is 3.85. The highest BCUT2D eigenvalue weighted by molar-refractivity contribution is 5.92. The Balaban J connectivity index is 2.39. The highest BCUT2D eigenvalue weighted by atomic mass is 16.5. The Morgan fingerprint density at radius 2 is 2.27 bits per heavy atom. The van der Waals surface area contributed by atoms with Gasteiger partial charge < -0.3 is 4.74 Å². The molecule has 0 fully saturated rings. The molecule has 2 heteroatoms. The van der Waals surface area contributed by atoms with Gasteiger partial charge >= 0.3 is 5.97 Å². The molecule has 0 spiro atoms. The van der Waals surface area contributed by atoms with Crippen LogP contribution in [0.3, 0.4) is 0 Å². The average Bonchev–Trinajstić information content (AvgIpc) is 2.35. The SMILES string of the molecule is CC1=CCC2=C1CCOC2=O. The van der Waals surface area contributed by atoms with Gasteiger partial charge in [0.15, 0.2) is 0 Å². The molecule has 1 aliphatic heterocycles. The first kappa shape index (κ1) is 6.65. The van der Waals surface area contributed by atoms with Crippen LogP contribution < -0.4 is 0 Å². The molecule has 0 N–H and O–H groups in total. The maximum Gasteiger partial charge on any atom is 0.334 e. The quantitative estimate of drug-likeness (QED) is 0.490. The molecule has 0 saturated carbocycles. The van der Waals surface area contributed by atoms with E-state index in [2.05, 4.69) is 13.0 Å². The summed E-state index contributed by atoms with van der Waals surface area (Å²) in [5.74, 6) is -0.112. The molecule has 0 atom stereocenters. The lowest BCUT2D eigenvalue weighted by molar-refractivity contribution is -0.140. The number of rotatable bonds is 0. The third-order valence-electron chi connectivity index (χ3n) is 2.28. The van der Waals surface area contributed by atoms with Gasteiger partial charge in [0, 0.05) is 12.0 Å². The number of ether oxygens (including phenoxy) is 1. The first-order valence-electron chi connectivity index (χ1n) is 3.85. The van der Waals surface area contributed by atoms with Crippen LogP contribution in [-0.2, 0) is 9.53 Å². The second-order valence-corrected chi connectivity index (χ2v) is 2.93. The van der Waals surface area contributed by atoms with Gasteiger partial charge in [-0.1, -0.05) is 11.6 Å². The van der Waals surface area contributed by atoms with E-state index in [4.69, 9.17) is 4.74 Å². The van der Waals surface area contributed by atoms with E-state index in [0.29, 0.717) is 6.61 Å². The van der Waals surface area contributed by atoms with Gasteiger partial charge in [-0.25, -0.2) is 4.79 Å². The predicted molar refractivity (Wildman–Crippen MR) is 41.0 cm³/mol. The molecule has 0 aromatic carbocycles. The van der Waals surface area contributed by atoms with E-state index in [-0.39, 0.29) is 5.97 Å². The zero-order chi connectivity index (χ0) is 7.84. The van der Waals surface area contributed by atoms with Gasteiger partial charge in [0.1, 0.15) is 0 Å². The van der Waals surface area contributed by atoms with Gasteiger partial charge in [0.2, 0.25) is 0 Å². The molecule has 0 saturated heterocycles. The van der Waals surface area contributed by atoms with Crippen LogP contribution in [0.1, 0.15) is 19.8 Å². The fourth-order valence-corrected chi connectivity index (χ4v) is 1.63. The van der Waals surface area contributed by atoms with Gasteiger partial charge in [-0.3, -0.25) is 0 Å². The fraction of sp³-hybridized carbons (Fsp3) is 0.444. The lowest BCUT2D eigenvalue weighted by atomic mass is 10.0. The zero-order valence-corrected chi connectivity index (χ0v) is 6.52. The van der Waals surface area contributed by atoms with Gasteiger partial charge in [0.25, 0.3) is 0 Å². The first-order chi connectivity index (χ1) is 5.29. The van der Waals surface area contributed by atoms with Crippen LogP contribution in [0.4, 0.5) is 0 Å². The highest BCUT2D eigenvalue weighted by Crippen LogP contribution is 2.31. The number of cyclic esters (lactones) is 1. The Hall–Kier alpha value is -1.05. The normalized spacial score (nSPS) is 23.0. The summed E-state index contributed by atoms with van der Waals surface area (Å²) in [5.41, 5.74) is 3.37. The molecule has 11 heavy (non-hydrogen) atoms. The van der Waals surface area contributed by atoms with Crippen molar-refractivity contribution in [1.29, 1.82) is 0 Å². The van der Waals surface area contributed by atoms with E-state index >= 15 is 0 Å². The molecule has 0 unspecified atom stereocenters. The summed E-state index contributed by atoms with van der Waals surface area (Å²) in [6, 6.07) is 0. The molecule has 2 nitrogen and oxygen atoms in total. The van der Waals surface area contributed by atoms with Crippen LogP contribution in [-0.4, -0.2) is 12.6 Å². The Morgan fingerprint density at radius 3 is 3.00 bits per heavy atom. The lowest BCUT2D eigenvalue weighted by Gasteiger charge is -2.14. The van der Waals surface area contributed by atoms with Crippen molar-refractivity contribution in [1.82, 2.24) is 0 Å². The van der Waals surface area contributed by atoms with Crippen LogP contribution in [0, 0.1) is 0 Å². The number of hydrogen-bond acceptors (Lipinski definition) is 2. The summed E-state index contributed by atoms with van der Waals surface area (Å²) in [5, 5.41) is 0. The summed E-state index contributed by atoms with van der Waals surface area (Å²) in [6.07, 6.45) is 3.78. The molecule has 2 rings (SSSR count). The minimum Gasteiger partial charge on any atom is -0.462 e. The van der Waals surface area contributed by atoms with E-state index in [1.165, 1.54) is 11.1 Å². The molecule has 0 radical (unpaired) electrons. The predicted octanol–water partition coefficient (Wildman–Crippen LogP) is 1.58. The van der Waals surface area contributed by atoms with E-state index in [1.807, 2.05) is 0 Å². The minimum atomic E-state index is -0.112. The molecule has 0 aromatic heterocycles. The van der Waals surface area contributed by atoms with E-state index in [9.17, 15) is 4.79 Å². The van der Waals surface area contributed by atoms with Crippen molar-refractivity contribution >= 4 is 5.97 Å². The number of allylic oxidation sites excluding steroid dienone is 2. The van der Waals surface area contributed by atoms with Crippen molar-refractivity contribution in [3.05, 3.63) is 22.8 Å². The Morgan fingerprint density at radius 1 is 1.45 bits per heavy atom. The average molecular weight is 150 g/mol. The monoisotopic (exact) mass is 150 g/mol. The molecule has 1 heterocycles. The summed E-state index contributed by atoms with van der Waals surface area (Å²) in [7, 11) is 0. The van der Waals surface area contributed by atoms with Crippen molar-refractivity contribution in [2.75, 3.05) is 6.61 Å². The van der Waals surface area contributed by atoms with Crippen LogP contribution >= 0.6 is 0 Å². The smallest absolute Gasteiger partial charge is 0.334 e. The summed E-state index contributed by atoms with van der Waals surface area (Å²) in [4.78, 5) is 11.1. The van der Waals surface area contributed by atoms with Crippen molar-refractivity contribution in [2.24, 2.45) is 0 Å². The van der Waals surface area contributed by atoms with E-state index < -0.39 is 0 Å². The Labute approximate surface area is 65.5 Å². The zero-order valence-electron chi connectivity index (χ0n) is 6.52. The summed E-state index contributed by atoms with van der Waals surface area (Å²) >= 11 is 0. The number of esters is 1. The van der Waals surface area contributed by atoms with Crippen LogP contribution in [0.5, 0.6) is 0 Å². The van der Waals surface area contributed by atoms with Crippen LogP contribution in [0.2, 0.25) is 0 Å². The number of carbonyl (C=O) groups excluding carboxylic acids is 1. The number of carbonyl (C=O) groups is 1. The highest BCUT2D eigenvalue weighted by Gasteiger charge is 2.25. The molecule has 58 valence electrons. The van der Waals surface area contributed by atoms with Crippen LogP contribution in [0.15, 0.2) is 22.8 Å². The summed E-state index contributed by atoms with van der Waals surface area (Å²) in [6.45, 7) is 2.61. The van der Waals surface area contributed by atoms with Crippen molar-refractivity contribution in [3.8, 4) is 0 Å². The van der Waals surface area contributed by atoms with E-state index in [0.717, 1.165) is 18.4 Å². The second kappa shape index (κ2) is 2.22. The molecule has 0 amide bonds. The van der Waals surface area contributed by atoms with Gasteiger partial charge in [-0.2, -0.15) is 0 Å². The third kappa shape index (κ3) is 0.897. The Bertz CT molecular complexity index is 271. The molecular weight excluding hydrogens is 140 g/mol. The summed E-state index contributed by atoms with van der Waals surface area (Å²) < 4.78 is 4.91. The Kier molecular flexibility index (Phi) is 1.34. The van der Waals surface area contributed by atoms with Gasteiger partial charge in [0.05, 0.1) is 6.61 Å². The minimum absolute atomic E-state index is 0.112. The molecule has 0 aromatic rings. The second-order valence-electron chi connectivity index (χ2n) is 2.93. The van der Waals surface area contributed by atoms with Gasteiger partial charge in [-0.05, 0) is 18.9 Å². The lowest BCUT2D eigenvalue weighted by Crippen LogP contribution is -2.15.